The Morgan fingerprint density at radius 2 is 1.69 bits per heavy atom. The van der Waals surface area contributed by atoms with E-state index in [0.717, 1.165) is 38.3 Å². The highest BCUT2D eigenvalue weighted by atomic mass is 127. The third-order valence-electron chi connectivity index (χ3n) is 4.73. The topological polar surface area (TPSA) is 74.0 Å². The summed E-state index contributed by atoms with van der Waals surface area (Å²) in [6.45, 7) is 4.31. The number of rotatable bonds is 6. The molecule has 1 aliphatic heterocycles. The molecule has 2 aromatic carbocycles. The van der Waals surface area contributed by atoms with Crippen molar-refractivity contribution in [1.82, 2.24) is 10.2 Å². The lowest BCUT2D eigenvalue weighted by Crippen LogP contribution is -2.51. The molecule has 1 saturated heterocycles. The van der Waals surface area contributed by atoms with Gasteiger partial charge in [0.05, 0.1) is 0 Å². The molecule has 3 N–H and O–H groups in total. The molecule has 1 fully saturated rings. The summed E-state index contributed by atoms with van der Waals surface area (Å²) in [6.07, 6.45) is 0.731. The van der Waals surface area contributed by atoms with Crippen LogP contribution in [0.25, 0.3) is 0 Å². The fraction of sp³-hybridized carbons (Fsp3) is 0.333. The summed E-state index contributed by atoms with van der Waals surface area (Å²) in [4.78, 5) is 20.6. The van der Waals surface area contributed by atoms with Crippen LogP contribution in [0.2, 0.25) is 0 Å². The zero-order valence-corrected chi connectivity index (χ0v) is 18.6. The minimum Gasteiger partial charge on any atom is -0.370 e. The summed E-state index contributed by atoms with van der Waals surface area (Å²) in [7, 11) is 0. The quantitative estimate of drug-likeness (QED) is 0.271. The first-order chi connectivity index (χ1) is 13.6. The molecule has 156 valence electrons. The van der Waals surface area contributed by atoms with Gasteiger partial charge in [0.25, 0.3) is 5.91 Å². The van der Waals surface area contributed by atoms with E-state index in [1.807, 2.05) is 18.2 Å². The van der Waals surface area contributed by atoms with Crippen molar-refractivity contribution in [3.05, 3.63) is 66.0 Å². The molecule has 0 bridgehead atoms. The summed E-state index contributed by atoms with van der Waals surface area (Å²) in [5.74, 6) is 0.237. The molecule has 0 saturated carbocycles. The van der Waals surface area contributed by atoms with E-state index in [1.54, 1.807) is 24.3 Å². The smallest absolute Gasteiger partial charge is 0.251 e. The molecule has 6 nitrogen and oxygen atoms in total. The predicted molar refractivity (Wildman–Crippen MR) is 125 cm³/mol. The number of amides is 1. The maximum Gasteiger partial charge on any atom is 0.251 e. The van der Waals surface area contributed by atoms with Crippen LogP contribution in [0.4, 0.5) is 10.1 Å². The Kier molecular flexibility index (Phi) is 9.17. The zero-order chi connectivity index (χ0) is 19.8. The molecule has 0 spiro atoms. The standard InChI is InChI=1S/C21H26FN5O.HI/c22-18-7-9-19(10-8-18)26-13-15-27(16-14-26)21(23)25-12-4-11-24-20(28)17-5-2-1-3-6-17;/h1-3,5-10H,4,11-16H2,(H2,23,25)(H,24,28);1H. The Bertz CT molecular complexity index is 792. The van der Waals surface area contributed by atoms with E-state index < -0.39 is 0 Å². The largest absolute Gasteiger partial charge is 0.370 e. The second-order valence-electron chi connectivity index (χ2n) is 6.67. The Morgan fingerprint density at radius 1 is 1.03 bits per heavy atom. The maximum absolute atomic E-state index is 13.0. The Balaban J connectivity index is 0.00000300. The van der Waals surface area contributed by atoms with Gasteiger partial charge in [0.15, 0.2) is 5.96 Å². The van der Waals surface area contributed by atoms with Crippen molar-refractivity contribution in [3.63, 3.8) is 0 Å². The van der Waals surface area contributed by atoms with E-state index in [2.05, 4.69) is 20.1 Å². The SMILES string of the molecule is I.NC(=NCCCNC(=O)c1ccccc1)N1CCN(c2ccc(F)cc2)CC1. The van der Waals surface area contributed by atoms with Crippen molar-refractivity contribution in [2.45, 2.75) is 6.42 Å². The predicted octanol–water partition coefficient (Wildman–Crippen LogP) is 2.70. The molecular formula is C21H27FIN5O. The molecule has 0 aliphatic carbocycles. The molecule has 0 unspecified atom stereocenters. The van der Waals surface area contributed by atoms with Gasteiger partial charge in [0.1, 0.15) is 5.82 Å². The number of halogens is 2. The van der Waals surface area contributed by atoms with Crippen LogP contribution >= 0.6 is 24.0 Å². The highest BCUT2D eigenvalue weighted by molar-refractivity contribution is 14.0. The monoisotopic (exact) mass is 511 g/mol. The van der Waals surface area contributed by atoms with E-state index in [1.165, 1.54) is 12.1 Å². The molecule has 2 aromatic rings. The average Bonchev–Trinajstić information content (AvgIpc) is 2.74. The number of carbonyl (C=O) groups excluding carboxylic acids is 1. The van der Waals surface area contributed by atoms with Crippen molar-refractivity contribution in [2.75, 3.05) is 44.2 Å². The molecule has 1 aliphatic rings. The number of benzene rings is 2. The summed E-state index contributed by atoms with van der Waals surface area (Å²) >= 11 is 0. The number of carbonyl (C=O) groups is 1. The van der Waals surface area contributed by atoms with Crippen LogP contribution in [0.3, 0.4) is 0 Å². The van der Waals surface area contributed by atoms with Gasteiger partial charge >= 0.3 is 0 Å². The van der Waals surface area contributed by atoms with Gasteiger partial charge in [0.2, 0.25) is 0 Å². The summed E-state index contributed by atoms with van der Waals surface area (Å²) in [5.41, 5.74) is 7.78. The Morgan fingerprint density at radius 3 is 2.34 bits per heavy atom. The summed E-state index contributed by atoms with van der Waals surface area (Å²) < 4.78 is 13.0. The number of hydrogen-bond acceptors (Lipinski definition) is 3. The molecule has 8 heteroatoms. The lowest BCUT2D eigenvalue weighted by molar-refractivity contribution is 0.0953. The van der Waals surface area contributed by atoms with Crippen LogP contribution in [0, 0.1) is 5.82 Å². The van der Waals surface area contributed by atoms with Gasteiger partial charge in [-0.3, -0.25) is 9.79 Å². The fourth-order valence-corrected chi connectivity index (χ4v) is 3.11. The Labute approximate surface area is 188 Å². The van der Waals surface area contributed by atoms with E-state index in [4.69, 9.17) is 5.73 Å². The third kappa shape index (κ3) is 6.88. The van der Waals surface area contributed by atoms with Crippen molar-refractivity contribution >= 4 is 41.5 Å². The number of nitrogens with two attached hydrogens (primary N) is 1. The molecule has 0 atom stereocenters. The highest BCUT2D eigenvalue weighted by Crippen LogP contribution is 2.16. The molecule has 0 radical (unpaired) electrons. The first-order valence-corrected chi connectivity index (χ1v) is 9.52. The first kappa shape index (κ1) is 22.9. The van der Waals surface area contributed by atoms with Gasteiger partial charge in [-0.1, -0.05) is 18.2 Å². The van der Waals surface area contributed by atoms with Gasteiger partial charge in [-0.05, 0) is 42.8 Å². The fourth-order valence-electron chi connectivity index (χ4n) is 3.11. The van der Waals surface area contributed by atoms with Gasteiger partial charge in [-0.15, -0.1) is 24.0 Å². The van der Waals surface area contributed by atoms with Gasteiger partial charge in [-0.2, -0.15) is 0 Å². The van der Waals surface area contributed by atoms with Crippen molar-refractivity contribution in [2.24, 2.45) is 10.7 Å². The van der Waals surface area contributed by atoms with E-state index in [0.29, 0.717) is 24.6 Å². The first-order valence-electron chi connectivity index (χ1n) is 9.52. The molecule has 1 amide bonds. The van der Waals surface area contributed by atoms with Crippen molar-refractivity contribution < 1.29 is 9.18 Å². The van der Waals surface area contributed by atoms with Crippen molar-refractivity contribution in [1.29, 1.82) is 0 Å². The minimum atomic E-state index is -0.223. The summed E-state index contributed by atoms with van der Waals surface area (Å²) in [5, 5.41) is 2.88. The van der Waals surface area contributed by atoms with Gasteiger partial charge in [0, 0.05) is 50.5 Å². The van der Waals surface area contributed by atoms with Crippen LogP contribution in [-0.2, 0) is 0 Å². The third-order valence-corrected chi connectivity index (χ3v) is 4.73. The van der Waals surface area contributed by atoms with E-state index >= 15 is 0 Å². The average molecular weight is 511 g/mol. The number of guanidine groups is 1. The van der Waals surface area contributed by atoms with Crippen LogP contribution in [0.5, 0.6) is 0 Å². The second-order valence-corrected chi connectivity index (χ2v) is 6.67. The molecule has 29 heavy (non-hydrogen) atoms. The van der Waals surface area contributed by atoms with Gasteiger partial charge in [-0.25, -0.2) is 4.39 Å². The second kappa shape index (κ2) is 11.6. The highest BCUT2D eigenvalue weighted by Gasteiger charge is 2.18. The van der Waals surface area contributed by atoms with Gasteiger partial charge < -0.3 is 20.9 Å². The van der Waals surface area contributed by atoms with Crippen LogP contribution in [0.1, 0.15) is 16.8 Å². The number of anilines is 1. The summed E-state index contributed by atoms with van der Waals surface area (Å²) in [6, 6.07) is 15.7. The molecule has 0 aromatic heterocycles. The van der Waals surface area contributed by atoms with Crippen LogP contribution < -0.4 is 16.0 Å². The van der Waals surface area contributed by atoms with Crippen molar-refractivity contribution in [3.8, 4) is 0 Å². The normalized spacial score (nSPS) is 14.3. The number of hydrogen-bond donors (Lipinski definition) is 2. The minimum absolute atomic E-state index is 0. The van der Waals surface area contributed by atoms with E-state index in [-0.39, 0.29) is 35.7 Å². The zero-order valence-electron chi connectivity index (χ0n) is 16.3. The molecule has 1 heterocycles. The lowest BCUT2D eigenvalue weighted by Gasteiger charge is -2.36. The number of piperazine rings is 1. The molecule has 3 rings (SSSR count). The van der Waals surface area contributed by atoms with Crippen LogP contribution in [0.15, 0.2) is 59.6 Å². The maximum atomic E-state index is 13.0. The van der Waals surface area contributed by atoms with E-state index in [9.17, 15) is 9.18 Å². The van der Waals surface area contributed by atoms with Crippen LogP contribution in [-0.4, -0.2) is 56.0 Å². The lowest BCUT2D eigenvalue weighted by atomic mass is 10.2. The Hall–Kier alpha value is -2.36. The number of nitrogens with one attached hydrogen (secondary N) is 1. The number of aliphatic imine (C=N–C) groups is 1. The molecular weight excluding hydrogens is 484 g/mol. The number of nitrogens with zero attached hydrogens (tertiary/aromatic N) is 3.